The van der Waals surface area contributed by atoms with Crippen molar-refractivity contribution in [3.05, 3.63) is 0 Å². The predicted molar refractivity (Wildman–Crippen MR) is 106 cm³/mol. The zero-order chi connectivity index (χ0) is 22.3. The topological polar surface area (TPSA) is 118 Å². The summed E-state index contributed by atoms with van der Waals surface area (Å²) in [4.78, 5) is 47.9. The fourth-order valence-corrected chi connectivity index (χ4v) is 3.73. The number of ether oxygens (including phenoxy) is 5. The summed E-state index contributed by atoms with van der Waals surface area (Å²) < 4.78 is 27.3. The lowest BCUT2D eigenvalue weighted by Crippen LogP contribution is -2.61. The maximum Gasteiger partial charge on any atom is 0.303 e. The van der Waals surface area contributed by atoms with Crippen LogP contribution in [0.2, 0.25) is 0 Å². The van der Waals surface area contributed by atoms with Gasteiger partial charge in [0.25, 0.3) is 0 Å². The molecule has 1 rings (SSSR count). The Morgan fingerprint density at radius 1 is 0.862 bits per heavy atom. The highest BCUT2D eigenvalue weighted by atomic mass is 32.2. The van der Waals surface area contributed by atoms with Crippen molar-refractivity contribution < 1.29 is 42.9 Å². The number of carbonyl (C=O) groups is 4. The van der Waals surface area contributed by atoms with Gasteiger partial charge in [0.15, 0.2) is 23.7 Å². The van der Waals surface area contributed by atoms with Gasteiger partial charge in [0.2, 0.25) is 0 Å². The first kappa shape index (κ1) is 25.1. The van der Waals surface area contributed by atoms with Crippen molar-refractivity contribution in [2.75, 3.05) is 20.7 Å². The average Bonchev–Trinajstić information content (AvgIpc) is 2.56. The summed E-state index contributed by atoms with van der Waals surface area (Å²) in [6.07, 6.45) is -4.49. The van der Waals surface area contributed by atoms with Crippen LogP contribution < -0.4 is 0 Å². The Morgan fingerprint density at radius 3 is 1.79 bits per heavy atom. The van der Waals surface area contributed by atoms with Gasteiger partial charge in [-0.05, 0) is 0 Å². The highest BCUT2D eigenvalue weighted by Crippen LogP contribution is 2.35. The van der Waals surface area contributed by atoms with Gasteiger partial charge < -0.3 is 28.6 Å². The number of carbonyl (C=O) groups excluding carboxylic acids is 4. The predicted octanol–water partition coefficient (Wildman–Crippen LogP) is 0.649. The van der Waals surface area contributed by atoms with E-state index >= 15 is 0 Å². The molecule has 12 heteroatoms. The van der Waals surface area contributed by atoms with Gasteiger partial charge in [0.1, 0.15) is 17.0 Å². The van der Waals surface area contributed by atoms with Crippen LogP contribution in [0.15, 0.2) is 0 Å². The standard InChI is InChI=1S/C17H25NO9S2/c1-8(19)23-7-12-13(24-9(2)20)14(25-10(3)21)15(26-11(4)22)16(27-12)29-17(28)18(5)6/h12-16H,7H2,1-6H3/t12-,13-,14-,15+,16+/m0/s1. The summed E-state index contributed by atoms with van der Waals surface area (Å²) in [5.41, 5.74) is -0.912. The first-order valence-electron chi connectivity index (χ1n) is 8.60. The molecule has 0 amide bonds. The Kier molecular flexibility index (Phi) is 9.80. The van der Waals surface area contributed by atoms with Crippen molar-refractivity contribution >= 4 is 52.2 Å². The highest BCUT2D eigenvalue weighted by Gasteiger charge is 2.52. The van der Waals surface area contributed by atoms with Gasteiger partial charge in [-0.15, -0.1) is 0 Å². The molecule has 1 heterocycles. The molecule has 0 spiro atoms. The van der Waals surface area contributed by atoms with E-state index in [1.807, 2.05) is 0 Å². The number of thioether (sulfide) groups is 1. The lowest BCUT2D eigenvalue weighted by molar-refractivity contribution is -0.237. The van der Waals surface area contributed by atoms with E-state index in [0.717, 1.165) is 18.7 Å². The van der Waals surface area contributed by atoms with E-state index in [-0.39, 0.29) is 6.61 Å². The summed E-state index contributed by atoms with van der Waals surface area (Å²) in [7, 11) is 3.45. The molecule has 0 saturated carbocycles. The van der Waals surface area contributed by atoms with Crippen molar-refractivity contribution in [1.29, 1.82) is 0 Å². The second kappa shape index (κ2) is 11.3. The van der Waals surface area contributed by atoms with Gasteiger partial charge in [-0.1, -0.05) is 24.0 Å². The van der Waals surface area contributed by atoms with Gasteiger partial charge in [-0.2, -0.15) is 0 Å². The summed E-state index contributed by atoms with van der Waals surface area (Å²) in [6, 6.07) is 0. The minimum absolute atomic E-state index is 0.274. The fraction of sp³-hybridized carbons (Fsp3) is 0.706. The number of nitrogens with zero attached hydrogens (tertiary/aromatic N) is 1. The molecule has 0 radical (unpaired) electrons. The molecular weight excluding hydrogens is 426 g/mol. The summed E-state index contributed by atoms with van der Waals surface area (Å²) in [5, 5.41) is 0. The van der Waals surface area contributed by atoms with Crippen molar-refractivity contribution in [3.8, 4) is 0 Å². The fourth-order valence-electron chi connectivity index (χ4n) is 2.49. The molecule has 0 bridgehead atoms. The van der Waals surface area contributed by atoms with Crippen LogP contribution in [-0.4, -0.2) is 83.7 Å². The first-order valence-corrected chi connectivity index (χ1v) is 9.89. The zero-order valence-corrected chi connectivity index (χ0v) is 18.7. The van der Waals surface area contributed by atoms with Crippen molar-refractivity contribution in [2.45, 2.75) is 57.5 Å². The molecule has 1 aliphatic heterocycles. The number of esters is 4. The number of thiocarbonyl (C=S) groups is 1. The Balaban J connectivity index is 3.33. The molecule has 0 aromatic rings. The number of hydrogen-bond donors (Lipinski definition) is 0. The van der Waals surface area contributed by atoms with Crippen LogP contribution in [0.25, 0.3) is 0 Å². The highest BCUT2D eigenvalue weighted by molar-refractivity contribution is 8.23. The van der Waals surface area contributed by atoms with E-state index in [1.165, 1.54) is 20.8 Å². The lowest BCUT2D eigenvalue weighted by Gasteiger charge is -2.44. The van der Waals surface area contributed by atoms with Crippen LogP contribution in [0.1, 0.15) is 27.7 Å². The number of hydrogen-bond acceptors (Lipinski definition) is 11. The van der Waals surface area contributed by atoms with Crippen molar-refractivity contribution in [2.24, 2.45) is 0 Å². The third-order valence-corrected chi connectivity index (χ3v) is 5.36. The third kappa shape index (κ3) is 8.15. The Hall–Kier alpha value is -1.92. The maximum absolute atomic E-state index is 11.7. The summed E-state index contributed by atoms with van der Waals surface area (Å²) in [6.45, 7) is 4.45. The second-order valence-corrected chi connectivity index (χ2v) is 8.08. The molecule has 0 aliphatic carbocycles. The first-order chi connectivity index (χ1) is 13.4. The molecule has 0 unspecified atom stereocenters. The molecular formula is C17H25NO9S2. The van der Waals surface area contributed by atoms with Crippen LogP contribution in [-0.2, 0) is 42.9 Å². The van der Waals surface area contributed by atoms with Gasteiger partial charge in [-0.25, -0.2) is 0 Å². The SMILES string of the molecule is CC(=O)OC[C@@H]1O[C@H](SC(=S)N(C)C)[C@H](OC(C)=O)[C@@H](OC(C)=O)[C@H]1OC(C)=O. The maximum atomic E-state index is 11.7. The summed E-state index contributed by atoms with van der Waals surface area (Å²) in [5.74, 6) is -2.59. The molecule has 1 fully saturated rings. The van der Waals surface area contributed by atoms with E-state index in [4.69, 9.17) is 35.9 Å². The third-order valence-electron chi connectivity index (χ3n) is 3.53. The van der Waals surface area contributed by atoms with Crippen LogP contribution in [0.3, 0.4) is 0 Å². The van der Waals surface area contributed by atoms with E-state index in [0.29, 0.717) is 4.32 Å². The molecule has 1 saturated heterocycles. The normalized spacial score (nSPS) is 26.1. The molecule has 0 aromatic heterocycles. The largest absolute Gasteiger partial charge is 0.463 e. The molecule has 10 nitrogen and oxygen atoms in total. The van der Waals surface area contributed by atoms with Crippen molar-refractivity contribution in [1.82, 2.24) is 4.90 Å². The number of rotatable bonds is 6. The van der Waals surface area contributed by atoms with Gasteiger partial charge in [0, 0.05) is 41.8 Å². The Morgan fingerprint density at radius 2 is 1.34 bits per heavy atom. The monoisotopic (exact) mass is 451 g/mol. The second-order valence-electron chi connectivity index (χ2n) is 6.35. The molecule has 1 aliphatic rings. The van der Waals surface area contributed by atoms with Gasteiger partial charge in [-0.3, -0.25) is 19.2 Å². The molecule has 5 atom stereocenters. The zero-order valence-electron chi connectivity index (χ0n) is 17.0. The van der Waals surface area contributed by atoms with Crippen LogP contribution in [0.4, 0.5) is 0 Å². The Bertz CT molecular complexity index is 655. The lowest BCUT2D eigenvalue weighted by atomic mass is 9.99. The van der Waals surface area contributed by atoms with Crippen LogP contribution in [0, 0.1) is 0 Å². The van der Waals surface area contributed by atoms with Crippen molar-refractivity contribution in [3.63, 3.8) is 0 Å². The van der Waals surface area contributed by atoms with Gasteiger partial charge in [0.05, 0.1) is 0 Å². The minimum Gasteiger partial charge on any atom is -0.463 e. The van der Waals surface area contributed by atoms with E-state index in [2.05, 4.69) is 0 Å². The van der Waals surface area contributed by atoms with E-state index in [1.54, 1.807) is 19.0 Å². The van der Waals surface area contributed by atoms with Crippen LogP contribution >= 0.6 is 24.0 Å². The average molecular weight is 452 g/mol. The minimum atomic E-state index is -1.20. The molecule has 0 N–H and O–H groups in total. The molecule has 164 valence electrons. The van der Waals surface area contributed by atoms with Crippen LogP contribution in [0.5, 0.6) is 0 Å². The Labute approximate surface area is 178 Å². The van der Waals surface area contributed by atoms with E-state index < -0.39 is 53.7 Å². The van der Waals surface area contributed by atoms with E-state index in [9.17, 15) is 19.2 Å². The molecule has 0 aromatic carbocycles. The quantitative estimate of drug-likeness (QED) is 0.320. The smallest absolute Gasteiger partial charge is 0.303 e. The van der Waals surface area contributed by atoms with Gasteiger partial charge >= 0.3 is 23.9 Å². The summed E-state index contributed by atoms with van der Waals surface area (Å²) >= 11 is 6.34. The molecule has 29 heavy (non-hydrogen) atoms.